The second-order valence-electron chi connectivity index (χ2n) is 22.1. The number of nitriles is 1. The average Bonchev–Trinajstić information content (AvgIpc) is 1.70. The lowest BCUT2D eigenvalue weighted by molar-refractivity contribution is -0.132. The van der Waals surface area contributed by atoms with Crippen LogP contribution in [0.2, 0.25) is 5.02 Å². The van der Waals surface area contributed by atoms with Gasteiger partial charge in [-0.2, -0.15) is 5.26 Å². The number of amides is 5. The summed E-state index contributed by atoms with van der Waals surface area (Å²) >= 11 is 6.13. The summed E-state index contributed by atoms with van der Waals surface area (Å²) in [5, 5.41) is 12.8. The van der Waals surface area contributed by atoms with Gasteiger partial charge in [0.1, 0.15) is 6.07 Å². The number of nitrogens with one attached hydrogen (secondary N) is 1. The van der Waals surface area contributed by atoms with E-state index in [9.17, 15) is 19.2 Å². The normalized spacial score (nSPS) is 19.6. The summed E-state index contributed by atoms with van der Waals surface area (Å²) in [5.41, 5.74) is 23.1. The number of benzene rings is 6. The van der Waals surface area contributed by atoms with Crippen molar-refractivity contribution in [3.63, 3.8) is 0 Å². The van der Waals surface area contributed by atoms with Crippen LogP contribution >= 0.6 is 11.6 Å². The Bertz CT molecular complexity index is 3830. The van der Waals surface area contributed by atoms with Gasteiger partial charge in [-0.15, -0.1) is 6.42 Å². The third-order valence-corrected chi connectivity index (χ3v) is 16.8. The predicted octanol–water partition coefficient (Wildman–Crippen LogP) is 9.36. The van der Waals surface area contributed by atoms with E-state index in [1.54, 1.807) is 24.2 Å². The second-order valence-corrected chi connectivity index (χ2v) is 22.5. The Labute approximate surface area is 512 Å². The van der Waals surface area contributed by atoms with Crippen LogP contribution in [0.25, 0.3) is 22.3 Å². The van der Waals surface area contributed by atoms with Gasteiger partial charge in [-0.25, -0.2) is 19.8 Å². The molecule has 1 aromatic heterocycles. The molecule has 1 saturated heterocycles. The Kier molecular flexibility index (Phi) is 18.0. The van der Waals surface area contributed by atoms with Crippen LogP contribution in [0.3, 0.4) is 0 Å². The third-order valence-electron chi connectivity index (χ3n) is 16.6. The maximum Gasteiger partial charge on any atom is 0.317 e. The van der Waals surface area contributed by atoms with E-state index in [0.717, 1.165) is 83.0 Å². The summed E-state index contributed by atoms with van der Waals surface area (Å²) in [7, 11) is 1.62. The molecule has 5 heterocycles. The van der Waals surface area contributed by atoms with Crippen LogP contribution in [0.4, 0.5) is 4.79 Å². The number of piperidine rings is 1. The van der Waals surface area contributed by atoms with Gasteiger partial charge in [0.15, 0.2) is 34.5 Å². The van der Waals surface area contributed by atoms with Crippen LogP contribution in [0.15, 0.2) is 197 Å². The minimum absolute atomic E-state index is 0.00685. The van der Waals surface area contributed by atoms with Crippen molar-refractivity contribution in [1.82, 2.24) is 29.9 Å². The number of nitrogens with zero attached hydrogens (tertiary/aromatic N) is 9. The fourth-order valence-corrected chi connectivity index (χ4v) is 12.0. The zero-order valence-corrected chi connectivity index (χ0v) is 49.4. The number of guanidine groups is 3. The smallest absolute Gasteiger partial charge is 0.317 e. The molecule has 7 aromatic rings. The molecule has 12 rings (SSSR count). The molecule has 0 radical (unpaired) electrons. The number of carbonyl (C=O) groups is 4. The largest absolute Gasteiger partial charge is 0.369 e. The molecule has 18 heteroatoms. The molecule has 1 saturated carbocycles. The quantitative estimate of drug-likeness (QED) is 0.0598. The monoisotopic (exact) mass is 1180 g/mol. The minimum atomic E-state index is -1.24. The number of terminal acetylenes is 1. The van der Waals surface area contributed by atoms with E-state index in [0.29, 0.717) is 42.3 Å². The molecule has 0 bridgehead atoms. The van der Waals surface area contributed by atoms with E-state index >= 15 is 0 Å². The molecule has 1 aliphatic carbocycles. The lowest BCUT2D eigenvalue weighted by Crippen LogP contribution is -2.49. The molecule has 7 N–H and O–H groups in total. The zero-order chi connectivity index (χ0) is 61.3. The minimum Gasteiger partial charge on any atom is -0.369 e. The highest BCUT2D eigenvalue weighted by Gasteiger charge is 2.58. The number of likely N-dealkylation sites (N-methyl/N-ethyl adjacent to an activating group) is 1. The molecule has 0 spiro atoms. The maximum absolute atomic E-state index is 13.9. The first-order chi connectivity index (χ1) is 42.2. The molecule has 440 valence electrons. The lowest BCUT2D eigenvalue weighted by Gasteiger charge is -2.34. The average molecular weight is 1180 g/mol. The summed E-state index contributed by atoms with van der Waals surface area (Å²) in [5.74, 6) is 3.10. The Balaban J connectivity index is 0.000000146. The van der Waals surface area contributed by atoms with Crippen LogP contribution in [0.5, 0.6) is 0 Å². The van der Waals surface area contributed by atoms with Crippen molar-refractivity contribution in [1.29, 1.82) is 5.26 Å². The van der Waals surface area contributed by atoms with E-state index in [1.807, 2.05) is 169 Å². The van der Waals surface area contributed by atoms with Gasteiger partial charge >= 0.3 is 6.03 Å². The highest BCUT2D eigenvalue weighted by molar-refractivity contribution is 6.30. The van der Waals surface area contributed by atoms with Crippen molar-refractivity contribution in [2.24, 2.45) is 44.0 Å². The van der Waals surface area contributed by atoms with Gasteiger partial charge < -0.3 is 27.4 Å². The number of rotatable bonds is 14. The highest BCUT2D eigenvalue weighted by atomic mass is 35.5. The van der Waals surface area contributed by atoms with Gasteiger partial charge in [-0.3, -0.25) is 34.1 Å². The first-order valence-electron chi connectivity index (χ1n) is 29.1. The van der Waals surface area contributed by atoms with Crippen molar-refractivity contribution in [2.45, 2.75) is 62.1 Å². The molecule has 6 aromatic carbocycles. The van der Waals surface area contributed by atoms with Crippen molar-refractivity contribution < 1.29 is 19.2 Å². The van der Waals surface area contributed by atoms with Crippen LogP contribution in [0.1, 0.15) is 78.8 Å². The fourth-order valence-electron chi connectivity index (χ4n) is 11.8. The molecule has 87 heavy (non-hydrogen) atoms. The molecule has 5 amide bonds. The number of aromatic nitrogens is 1. The lowest BCUT2D eigenvalue weighted by atomic mass is 9.82. The number of unbranched alkanes of at least 4 members (excludes halogenated alkanes) is 1. The standard InChI is InChI=1S/C26H33N5O2.C22H17N5O.C21H18ClN3O/c1-2-3-16-28-25(33)30-17-14-20(15-18-30)19-31-23(32)26(29-24(31)27,21-10-6-4-7-11-21)22-12-8-5-9-13-22;1-27-20(28)22(26-21(27)24,18-7-3-2-4-8-18)19-9-5-6-16(11-19)17-10-15(12-23)13-25-14-17;1-2-11-25-19(26)21(16-9-10-16,24-20(25)23)17-7-3-5-14(12-17)15-6-4-8-18(22)13-15/h4-13,20H,2-3,14-19H2,1H3,(H2,27,29)(H,28,33);2-11,13-14H,1H3,(H2,24,26);1,3-8,12-13,16H,9-11H2,(H2,23,24). The Morgan fingerprint density at radius 1 is 0.632 bits per heavy atom. The van der Waals surface area contributed by atoms with Crippen LogP contribution in [-0.2, 0) is 31.0 Å². The number of hydrogen-bond acceptors (Lipinski definition) is 12. The molecular weight excluding hydrogens is 1110 g/mol. The number of pyridine rings is 1. The maximum atomic E-state index is 13.9. The molecule has 5 aliphatic rings. The number of halogens is 1. The van der Waals surface area contributed by atoms with Crippen LogP contribution in [0, 0.1) is 35.5 Å². The number of urea groups is 1. The number of nitrogens with two attached hydrogens (primary N) is 3. The van der Waals surface area contributed by atoms with Crippen LogP contribution in [-0.4, -0.2) is 106 Å². The summed E-state index contributed by atoms with van der Waals surface area (Å²) in [6.45, 7) is 4.84. The van der Waals surface area contributed by atoms with Gasteiger partial charge in [-0.1, -0.05) is 170 Å². The number of aliphatic imine (C=N–C) groups is 3. The van der Waals surface area contributed by atoms with Crippen molar-refractivity contribution in [2.75, 3.05) is 39.8 Å². The Morgan fingerprint density at radius 2 is 1.16 bits per heavy atom. The third kappa shape index (κ3) is 12.0. The predicted molar refractivity (Wildman–Crippen MR) is 339 cm³/mol. The van der Waals surface area contributed by atoms with Crippen molar-refractivity contribution in [3.8, 4) is 40.7 Å². The Morgan fingerprint density at radius 3 is 1.71 bits per heavy atom. The molecule has 2 unspecified atom stereocenters. The Hall–Kier alpha value is -10.1. The van der Waals surface area contributed by atoms with Crippen molar-refractivity contribution in [3.05, 3.63) is 221 Å². The fraction of sp³-hybridized carbons (Fsp3) is 0.261. The SMILES string of the molecule is C#CCN1C(=O)C(c2cccc(-c3cccc(Cl)c3)c2)(C2CC2)N=C1N.CCCCNC(=O)N1CCC(CN2C(=O)C(c3ccccc3)(c3ccccc3)N=C2N)CC1.CN1C(=O)C(c2ccccc2)(c2cccc(-c3cncc(C#N)c3)c2)N=C1N. The zero-order valence-electron chi connectivity index (χ0n) is 48.6. The highest BCUT2D eigenvalue weighted by Crippen LogP contribution is 2.52. The number of carbonyl (C=O) groups excluding carboxylic acids is 4. The number of hydrogen-bond donors (Lipinski definition) is 4. The summed E-state index contributed by atoms with van der Waals surface area (Å²) in [4.78, 5) is 77.1. The van der Waals surface area contributed by atoms with Gasteiger partial charge in [-0.05, 0) is 119 Å². The molecule has 4 aliphatic heterocycles. The summed E-state index contributed by atoms with van der Waals surface area (Å²) in [6, 6.07) is 55.6. The van der Waals surface area contributed by atoms with E-state index in [4.69, 9.17) is 45.5 Å². The molecule has 17 nitrogen and oxygen atoms in total. The number of likely N-dealkylation sites (tertiary alicyclic amines) is 1. The van der Waals surface area contributed by atoms with E-state index in [1.165, 1.54) is 16.0 Å². The molecule has 2 atom stereocenters. The van der Waals surface area contributed by atoms with Gasteiger partial charge in [0.05, 0.1) is 12.1 Å². The first kappa shape index (κ1) is 60.0. The van der Waals surface area contributed by atoms with Gasteiger partial charge in [0.25, 0.3) is 17.7 Å². The van der Waals surface area contributed by atoms with Crippen molar-refractivity contribution >= 4 is 53.2 Å². The van der Waals surface area contributed by atoms with E-state index in [-0.39, 0.29) is 60.0 Å². The topological polar surface area (TPSA) is 245 Å². The first-order valence-corrected chi connectivity index (χ1v) is 29.5. The van der Waals surface area contributed by atoms with E-state index < -0.39 is 16.6 Å². The van der Waals surface area contributed by atoms with Gasteiger partial charge in [0.2, 0.25) is 0 Å². The molecular formula is C69H68ClN13O4. The molecule has 2 fully saturated rings. The van der Waals surface area contributed by atoms with Gasteiger partial charge in [0, 0.05) is 56.2 Å². The van der Waals surface area contributed by atoms with Crippen LogP contribution < -0.4 is 22.5 Å². The summed E-state index contributed by atoms with van der Waals surface area (Å²) < 4.78 is 0. The van der Waals surface area contributed by atoms with E-state index in [2.05, 4.69) is 39.2 Å². The summed E-state index contributed by atoms with van der Waals surface area (Å²) in [6.07, 6.45) is 14.2. The second kappa shape index (κ2) is 26.0.